The van der Waals surface area contributed by atoms with Gasteiger partial charge in [-0.3, -0.25) is 0 Å². The van der Waals surface area contributed by atoms with Crippen LogP contribution in [0.15, 0.2) is 65.3 Å². The number of hydrogen-bond acceptors (Lipinski definition) is 4. The van der Waals surface area contributed by atoms with Crippen LogP contribution in [0.2, 0.25) is 0 Å². The van der Waals surface area contributed by atoms with Crippen LogP contribution in [0, 0.1) is 0 Å². The number of carbonyl (C=O) groups excluding carboxylic acids is 1. The van der Waals surface area contributed by atoms with Crippen LogP contribution in [0.25, 0.3) is 6.08 Å². The predicted octanol–water partition coefficient (Wildman–Crippen LogP) is 2.74. The minimum atomic E-state index is -0.475. The normalized spacial score (nSPS) is 16.1. The Morgan fingerprint density at radius 1 is 1.00 bits per heavy atom. The van der Waals surface area contributed by atoms with Crippen molar-refractivity contribution in [3.05, 3.63) is 71.4 Å². The molecule has 0 bridgehead atoms. The first-order valence-corrected chi connectivity index (χ1v) is 6.09. The number of cyclic esters (lactones) is 1. The van der Waals surface area contributed by atoms with Gasteiger partial charge in [0.1, 0.15) is 5.75 Å². The zero-order chi connectivity index (χ0) is 13.9. The molecule has 2 aromatic rings. The fourth-order valence-electron chi connectivity index (χ4n) is 1.84. The van der Waals surface area contributed by atoms with Crippen LogP contribution >= 0.6 is 0 Å². The third-order valence-electron chi connectivity index (χ3n) is 2.84. The van der Waals surface area contributed by atoms with Crippen molar-refractivity contribution in [2.24, 2.45) is 4.99 Å². The molecule has 3 rings (SSSR count). The maximum Gasteiger partial charge on any atom is 0.363 e. The maximum atomic E-state index is 11.8. The second kappa shape index (κ2) is 5.01. The number of aliphatic imine (C=N–C) groups is 1. The first-order valence-electron chi connectivity index (χ1n) is 6.09. The van der Waals surface area contributed by atoms with Gasteiger partial charge in [0.2, 0.25) is 5.90 Å². The Labute approximate surface area is 115 Å². The van der Waals surface area contributed by atoms with Gasteiger partial charge in [-0.05, 0) is 35.9 Å². The molecule has 2 aromatic carbocycles. The molecule has 4 heteroatoms. The third kappa shape index (κ3) is 2.44. The van der Waals surface area contributed by atoms with Gasteiger partial charge in [-0.1, -0.05) is 30.3 Å². The second-order valence-corrected chi connectivity index (χ2v) is 4.29. The Hall–Kier alpha value is -2.88. The van der Waals surface area contributed by atoms with Gasteiger partial charge in [0.05, 0.1) is 0 Å². The molecule has 0 saturated carbocycles. The summed E-state index contributed by atoms with van der Waals surface area (Å²) in [6, 6.07) is 15.8. The SMILES string of the molecule is O=C1OC(c2ccccc2)=N/C1=C/c1ccc(O)cc1. The molecule has 1 heterocycles. The molecule has 98 valence electrons. The summed E-state index contributed by atoms with van der Waals surface area (Å²) < 4.78 is 5.15. The van der Waals surface area contributed by atoms with E-state index in [-0.39, 0.29) is 11.4 Å². The monoisotopic (exact) mass is 265 g/mol. The Morgan fingerprint density at radius 2 is 1.70 bits per heavy atom. The highest BCUT2D eigenvalue weighted by atomic mass is 16.6. The maximum absolute atomic E-state index is 11.8. The smallest absolute Gasteiger partial charge is 0.363 e. The Kier molecular flexibility index (Phi) is 3.05. The molecular weight excluding hydrogens is 254 g/mol. The molecule has 0 atom stereocenters. The van der Waals surface area contributed by atoms with Crippen LogP contribution in [-0.4, -0.2) is 17.0 Å². The number of hydrogen-bond donors (Lipinski definition) is 1. The Balaban J connectivity index is 1.92. The van der Waals surface area contributed by atoms with Gasteiger partial charge in [-0.2, -0.15) is 0 Å². The third-order valence-corrected chi connectivity index (χ3v) is 2.84. The van der Waals surface area contributed by atoms with E-state index in [2.05, 4.69) is 4.99 Å². The topological polar surface area (TPSA) is 58.9 Å². The van der Waals surface area contributed by atoms with Gasteiger partial charge < -0.3 is 9.84 Å². The van der Waals surface area contributed by atoms with E-state index in [1.54, 1.807) is 30.3 Å². The van der Waals surface area contributed by atoms with Crippen LogP contribution in [0.4, 0.5) is 0 Å². The van der Waals surface area contributed by atoms with Crippen molar-refractivity contribution in [1.82, 2.24) is 0 Å². The first-order chi connectivity index (χ1) is 9.72. The quantitative estimate of drug-likeness (QED) is 0.671. The lowest BCUT2D eigenvalue weighted by Crippen LogP contribution is -2.04. The molecule has 0 spiro atoms. The second-order valence-electron chi connectivity index (χ2n) is 4.29. The van der Waals surface area contributed by atoms with E-state index in [0.29, 0.717) is 5.90 Å². The largest absolute Gasteiger partial charge is 0.508 e. The van der Waals surface area contributed by atoms with Crippen LogP contribution in [0.3, 0.4) is 0 Å². The van der Waals surface area contributed by atoms with E-state index in [1.807, 2.05) is 30.3 Å². The van der Waals surface area contributed by atoms with E-state index in [4.69, 9.17) is 4.74 Å². The standard InChI is InChI=1S/C16H11NO3/c18-13-8-6-11(7-9-13)10-14-16(19)20-15(17-14)12-4-2-1-3-5-12/h1-10,18H/b14-10+. The highest BCUT2D eigenvalue weighted by Gasteiger charge is 2.23. The van der Waals surface area contributed by atoms with E-state index in [1.165, 1.54) is 0 Å². The summed E-state index contributed by atoms with van der Waals surface area (Å²) in [7, 11) is 0. The molecule has 0 fully saturated rings. The predicted molar refractivity (Wildman–Crippen MR) is 75.2 cm³/mol. The first kappa shape index (κ1) is 12.2. The fourth-order valence-corrected chi connectivity index (χ4v) is 1.84. The summed E-state index contributed by atoms with van der Waals surface area (Å²) in [6.45, 7) is 0. The van der Waals surface area contributed by atoms with E-state index >= 15 is 0 Å². The molecule has 0 aliphatic carbocycles. The minimum absolute atomic E-state index is 0.176. The van der Waals surface area contributed by atoms with Crippen LogP contribution in [0.1, 0.15) is 11.1 Å². The minimum Gasteiger partial charge on any atom is -0.508 e. The van der Waals surface area contributed by atoms with E-state index < -0.39 is 5.97 Å². The van der Waals surface area contributed by atoms with Gasteiger partial charge in [-0.25, -0.2) is 9.79 Å². The zero-order valence-corrected chi connectivity index (χ0v) is 10.5. The molecule has 0 amide bonds. The number of carbonyl (C=O) groups is 1. The summed E-state index contributed by atoms with van der Waals surface area (Å²) in [5, 5.41) is 9.22. The van der Waals surface area contributed by atoms with Crippen molar-refractivity contribution < 1.29 is 14.6 Å². The summed E-state index contributed by atoms with van der Waals surface area (Å²) in [6.07, 6.45) is 1.62. The molecular formula is C16H11NO3. The van der Waals surface area contributed by atoms with Gasteiger partial charge in [0.15, 0.2) is 5.70 Å². The van der Waals surface area contributed by atoms with Crippen molar-refractivity contribution in [2.75, 3.05) is 0 Å². The highest BCUT2D eigenvalue weighted by Crippen LogP contribution is 2.20. The molecule has 1 N–H and O–H groups in total. The number of rotatable bonds is 2. The molecule has 4 nitrogen and oxygen atoms in total. The number of phenols is 1. The number of esters is 1. The van der Waals surface area contributed by atoms with Gasteiger partial charge in [0.25, 0.3) is 0 Å². The van der Waals surface area contributed by atoms with E-state index in [0.717, 1.165) is 11.1 Å². The fraction of sp³-hybridized carbons (Fsp3) is 0. The highest BCUT2D eigenvalue weighted by molar-refractivity contribution is 6.12. The van der Waals surface area contributed by atoms with Crippen LogP contribution in [0.5, 0.6) is 5.75 Å². The molecule has 0 saturated heterocycles. The van der Waals surface area contributed by atoms with E-state index in [9.17, 15) is 9.90 Å². The lowest BCUT2D eigenvalue weighted by molar-refractivity contribution is -0.129. The van der Waals surface area contributed by atoms with Gasteiger partial charge >= 0.3 is 5.97 Å². The van der Waals surface area contributed by atoms with Crippen molar-refractivity contribution in [1.29, 1.82) is 0 Å². The number of phenolic OH excluding ortho intramolecular Hbond substituents is 1. The average molecular weight is 265 g/mol. The Morgan fingerprint density at radius 3 is 2.40 bits per heavy atom. The van der Waals surface area contributed by atoms with Crippen molar-refractivity contribution in [3.63, 3.8) is 0 Å². The van der Waals surface area contributed by atoms with Crippen LogP contribution < -0.4 is 0 Å². The lowest BCUT2D eigenvalue weighted by atomic mass is 10.2. The van der Waals surface area contributed by atoms with Crippen molar-refractivity contribution in [2.45, 2.75) is 0 Å². The molecule has 0 radical (unpaired) electrons. The number of nitrogens with zero attached hydrogens (tertiary/aromatic N) is 1. The summed E-state index contributed by atoms with van der Waals surface area (Å²) >= 11 is 0. The molecule has 1 aliphatic rings. The molecule has 1 aliphatic heterocycles. The van der Waals surface area contributed by atoms with Gasteiger partial charge in [-0.15, -0.1) is 0 Å². The van der Waals surface area contributed by atoms with Crippen LogP contribution in [-0.2, 0) is 9.53 Å². The zero-order valence-electron chi connectivity index (χ0n) is 10.5. The number of ether oxygens (including phenoxy) is 1. The molecule has 0 aromatic heterocycles. The summed E-state index contributed by atoms with van der Waals surface area (Å²) in [4.78, 5) is 16.0. The molecule has 0 unspecified atom stereocenters. The van der Waals surface area contributed by atoms with Crippen molar-refractivity contribution in [3.8, 4) is 5.75 Å². The van der Waals surface area contributed by atoms with Crippen molar-refractivity contribution >= 4 is 17.9 Å². The Bertz CT molecular complexity index is 700. The summed E-state index contributed by atoms with van der Waals surface area (Å²) in [5.74, 6) is 0.00665. The van der Waals surface area contributed by atoms with Gasteiger partial charge in [0, 0.05) is 5.56 Å². The number of benzene rings is 2. The molecule has 20 heavy (non-hydrogen) atoms. The number of aromatic hydroxyl groups is 1. The lowest BCUT2D eigenvalue weighted by Gasteiger charge is -1.97. The summed E-state index contributed by atoms with van der Waals surface area (Å²) in [5.41, 5.74) is 1.78. The average Bonchev–Trinajstić information content (AvgIpc) is 2.84.